The summed E-state index contributed by atoms with van der Waals surface area (Å²) >= 11 is 0. The fourth-order valence-electron chi connectivity index (χ4n) is 2.31. The molecule has 0 radical (unpaired) electrons. The van der Waals surface area contributed by atoms with E-state index in [1.807, 2.05) is 6.92 Å². The van der Waals surface area contributed by atoms with Gasteiger partial charge >= 0.3 is 0 Å². The normalized spacial score (nSPS) is 18.8. The van der Waals surface area contributed by atoms with E-state index < -0.39 is 0 Å². The number of hydrogen-bond acceptors (Lipinski definition) is 4. The van der Waals surface area contributed by atoms with Crippen LogP contribution in [0, 0.1) is 11.3 Å². The van der Waals surface area contributed by atoms with Gasteiger partial charge in [0.05, 0.1) is 18.7 Å². The lowest BCUT2D eigenvalue weighted by atomic mass is 10.2. The first kappa shape index (κ1) is 15.9. The minimum Gasteiger partial charge on any atom is -0.355 e. The van der Waals surface area contributed by atoms with Crippen LogP contribution in [0.15, 0.2) is 0 Å². The van der Waals surface area contributed by atoms with Crippen LogP contribution in [0.1, 0.15) is 33.1 Å². The molecule has 1 aliphatic rings. The lowest BCUT2D eigenvalue weighted by Crippen LogP contribution is -2.53. The predicted octanol–water partition coefficient (Wildman–Crippen LogP) is 0.822. The second-order valence-corrected chi connectivity index (χ2v) is 5.14. The topological polar surface area (TPSA) is 59.4 Å². The maximum atomic E-state index is 12.0. The molecule has 1 atom stereocenters. The first-order valence-electron chi connectivity index (χ1n) is 7.30. The van der Waals surface area contributed by atoms with Crippen molar-refractivity contribution in [3.63, 3.8) is 0 Å². The Morgan fingerprint density at radius 3 is 2.58 bits per heavy atom. The van der Waals surface area contributed by atoms with Gasteiger partial charge in [-0.15, -0.1) is 0 Å². The second-order valence-electron chi connectivity index (χ2n) is 5.14. The van der Waals surface area contributed by atoms with Crippen molar-refractivity contribution < 1.29 is 4.79 Å². The molecule has 0 aromatic rings. The van der Waals surface area contributed by atoms with Crippen LogP contribution in [-0.2, 0) is 4.79 Å². The van der Waals surface area contributed by atoms with Crippen LogP contribution in [0.5, 0.6) is 0 Å². The average Bonchev–Trinajstić information content (AvgIpc) is 2.44. The maximum absolute atomic E-state index is 12.0. The van der Waals surface area contributed by atoms with Crippen molar-refractivity contribution in [2.45, 2.75) is 39.2 Å². The molecule has 1 unspecified atom stereocenters. The van der Waals surface area contributed by atoms with Crippen molar-refractivity contribution in [3.05, 3.63) is 0 Å². The average molecular weight is 266 g/mol. The van der Waals surface area contributed by atoms with Crippen LogP contribution in [-0.4, -0.2) is 61.0 Å². The van der Waals surface area contributed by atoms with Crippen LogP contribution in [0.4, 0.5) is 0 Å². The summed E-state index contributed by atoms with van der Waals surface area (Å²) in [5, 5.41) is 11.7. The molecule has 1 amide bonds. The van der Waals surface area contributed by atoms with Crippen molar-refractivity contribution in [1.82, 2.24) is 15.1 Å². The Balaban J connectivity index is 2.24. The fraction of sp³-hybridized carbons (Fsp3) is 0.857. The van der Waals surface area contributed by atoms with Crippen LogP contribution in [0.25, 0.3) is 0 Å². The first-order valence-corrected chi connectivity index (χ1v) is 7.30. The van der Waals surface area contributed by atoms with E-state index in [-0.39, 0.29) is 11.9 Å². The van der Waals surface area contributed by atoms with Gasteiger partial charge in [-0.3, -0.25) is 14.6 Å². The molecule has 0 spiro atoms. The Bertz CT molecular complexity index is 305. The minimum atomic E-state index is -0.0640. The molecule has 5 nitrogen and oxygen atoms in total. The minimum absolute atomic E-state index is 0.0640. The van der Waals surface area contributed by atoms with E-state index in [0.29, 0.717) is 6.54 Å². The van der Waals surface area contributed by atoms with Gasteiger partial charge in [0, 0.05) is 32.7 Å². The standard InChI is InChI=1S/C14H26N4O/c1-3-4-5-7-16-14(19)13(2)18-11-9-17(8-6-15)10-12-18/h13H,3-5,7-12H2,1-2H3,(H,16,19). The third-order valence-electron chi connectivity index (χ3n) is 3.71. The quantitative estimate of drug-likeness (QED) is 0.547. The highest BCUT2D eigenvalue weighted by atomic mass is 16.2. The van der Waals surface area contributed by atoms with Gasteiger partial charge in [0.25, 0.3) is 0 Å². The van der Waals surface area contributed by atoms with Crippen molar-refractivity contribution in [2.24, 2.45) is 0 Å². The van der Waals surface area contributed by atoms with E-state index in [1.165, 1.54) is 12.8 Å². The van der Waals surface area contributed by atoms with Gasteiger partial charge in [-0.2, -0.15) is 5.26 Å². The van der Waals surface area contributed by atoms with E-state index in [9.17, 15) is 4.79 Å². The number of unbranched alkanes of at least 4 members (excludes halogenated alkanes) is 2. The van der Waals surface area contributed by atoms with Gasteiger partial charge < -0.3 is 5.32 Å². The number of rotatable bonds is 7. The van der Waals surface area contributed by atoms with E-state index in [0.717, 1.165) is 39.1 Å². The van der Waals surface area contributed by atoms with Gasteiger partial charge in [0.1, 0.15) is 0 Å². The van der Waals surface area contributed by atoms with Crippen LogP contribution >= 0.6 is 0 Å². The number of hydrogen-bond donors (Lipinski definition) is 1. The van der Waals surface area contributed by atoms with Gasteiger partial charge in [-0.1, -0.05) is 19.8 Å². The smallest absolute Gasteiger partial charge is 0.237 e. The molecule has 0 aliphatic carbocycles. The summed E-state index contributed by atoms with van der Waals surface area (Å²) in [7, 11) is 0. The summed E-state index contributed by atoms with van der Waals surface area (Å²) in [6, 6.07) is 2.11. The van der Waals surface area contributed by atoms with Crippen molar-refractivity contribution >= 4 is 5.91 Å². The zero-order chi connectivity index (χ0) is 14.1. The van der Waals surface area contributed by atoms with E-state index >= 15 is 0 Å². The molecule has 1 aliphatic heterocycles. The second kappa shape index (κ2) is 8.89. The van der Waals surface area contributed by atoms with Crippen LogP contribution in [0.3, 0.4) is 0 Å². The third kappa shape index (κ3) is 5.58. The molecular formula is C14H26N4O. The number of carbonyl (C=O) groups is 1. The number of amides is 1. The summed E-state index contributed by atoms with van der Waals surface area (Å²) in [6.45, 7) is 8.88. The first-order chi connectivity index (χ1) is 9.19. The summed E-state index contributed by atoms with van der Waals surface area (Å²) in [5.41, 5.74) is 0. The van der Waals surface area contributed by atoms with Gasteiger partial charge in [-0.25, -0.2) is 0 Å². The van der Waals surface area contributed by atoms with Crippen molar-refractivity contribution in [1.29, 1.82) is 5.26 Å². The Hall–Kier alpha value is -1.12. The zero-order valence-corrected chi connectivity index (χ0v) is 12.2. The number of nitrogens with one attached hydrogen (secondary N) is 1. The molecule has 1 N–H and O–H groups in total. The monoisotopic (exact) mass is 266 g/mol. The van der Waals surface area contributed by atoms with Crippen molar-refractivity contribution in [3.8, 4) is 6.07 Å². The molecule has 0 saturated carbocycles. The molecule has 0 aromatic carbocycles. The predicted molar refractivity (Wildman–Crippen MR) is 75.6 cm³/mol. The van der Waals surface area contributed by atoms with Crippen LogP contribution in [0.2, 0.25) is 0 Å². The van der Waals surface area contributed by atoms with E-state index in [4.69, 9.17) is 5.26 Å². The maximum Gasteiger partial charge on any atom is 0.237 e. The Kier molecular flexibility index (Phi) is 7.46. The molecule has 5 heteroatoms. The van der Waals surface area contributed by atoms with E-state index in [1.54, 1.807) is 0 Å². The van der Waals surface area contributed by atoms with Gasteiger partial charge in [-0.05, 0) is 13.3 Å². The molecule has 1 heterocycles. The molecule has 0 aromatic heterocycles. The molecule has 1 saturated heterocycles. The number of nitriles is 1. The van der Waals surface area contributed by atoms with Gasteiger partial charge in [0.2, 0.25) is 5.91 Å². The van der Waals surface area contributed by atoms with Crippen LogP contribution < -0.4 is 5.32 Å². The van der Waals surface area contributed by atoms with Gasteiger partial charge in [0.15, 0.2) is 0 Å². The molecule has 19 heavy (non-hydrogen) atoms. The highest BCUT2D eigenvalue weighted by Gasteiger charge is 2.24. The Morgan fingerprint density at radius 1 is 1.32 bits per heavy atom. The molecule has 1 rings (SSSR count). The summed E-state index contributed by atoms with van der Waals surface area (Å²) in [5.74, 6) is 0.129. The number of piperazine rings is 1. The van der Waals surface area contributed by atoms with Crippen molar-refractivity contribution in [2.75, 3.05) is 39.3 Å². The number of nitrogens with zero attached hydrogens (tertiary/aromatic N) is 3. The molecule has 1 fully saturated rings. The number of carbonyl (C=O) groups excluding carboxylic acids is 1. The summed E-state index contributed by atoms with van der Waals surface area (Å²) in [6.07, 6.45) is 3.40. The lowest BCUT2D eigenvalue weighted by Gasteiger charge is -2.36. The molecular weight excluding hydrogens is 240 g/mol. The highest BCUT2D eigenvalue weighted by Crippen LogP contribution is 2.06. The summed E-state index contributed by atoms with van der Waals surface area (Å²) in [4.78, 5) is 16.3. The highest BCUT2D eigenvalue weighted by molar-refractivity contribution is 5.81. The lowest BCUT2D eigenvalue weighted by molar-refractivity contribution is -0.126. The molecule has 0 bridgehead atoms. The Labute approximate surface area is 116 Å². The fourth-order valence-corrected chi connectivity index (χ4v) is 2.31. The summed E-state index contributed by atoms with van der Waals surface area (Å²) < 4.78 is 0. The zero-order valence-electron chi connectivity index (χ0n) is 12.2. The molecule has 108 valence electrons. The Morgan fingerprint density at radius 2 is 2.00 bits per heavy atom. The third-order valence-corrected chi connectivity index (χ3v) is 3.71. The largest absolute Gasteiger partial charge is 0.355 e. The SMILES string of the molecule is CCCCCNC(=O)C(C)N1CCN(CC#N)CC1. The van der Waals surface area contributed by atoms with E-state index in [2.05, 4.69) is 28.1 Å².